The highest BCUT2D eigenvalue weighted by Crippen LogP contribution is 2.49. The molecule has 0 bridgehead atoms. The van der Waals surface area contributed by atoms with Crippen molar-refractivity contribution in [2.45, 2.75) is 56.7 Å². The molecule has 0 amide bonds. The van der Waals surface area contributed by atoms with Crippen molar-refractivity contribution in [1.82, 2.24) is 19.6 Å². The first-order chi connectivity index (χ1) is 21.2. The van der Waals surface area contributed by atoms with E-state index in [4.69, 9.17) is 34.1 Å². The summed E-state index contributed by atoms with van der Waals surface area (Å²) in [5, 5.41) is 19.1. The second kappa shape index (κ2) is 13.9. The van der Waals surface area contributed by atoms with E-state index in [2.05, 4.69) is 51.0 Å². The van der Waals surface area contributed by atoms with Crippen LogP contribution in [-0.4, -0.2) is 86.8 Å². The van der Waals surface area contributed by atoms with Crippen molar-refractivity contribution in [2.24, 2.45) is 0 Å². The van der Waals surface area contributed by atoms with E-state index in [1.54, 1.807) is 6.26 Å². The third-order valence-corrected chi connectivity index (χ3v) is 7.74. The third kappa shape index (κ3) is 8.57. The monoisotopic (exact) mass is 646 g/mol. The van der Waals surface area contributed by atoms with Gasteiger partial charge < -0.3 is 24.3 Å². The van der Waals surface area contributed by atoms with Crippen LogP contribution in [0.3, 0.4) is 0 Å². The molecule has 2 N–H and O–H groups in total. The topological polar surface area (TPSA) is 121 Å². The van der Waals surface area contributed by atoms with Crippen LogP contribution in [0.15, 0.2) is 53.5 Å². The largest absolute Gasteiger partial charge is 0.490 e. The molecular formula is C29H32F6N4O6. The Morgan fingerprint density at radius 1 is 0.867 bits per heavy atom. The maximum absolute atomic E-state index is 10.6. The number of carboxylic acid groups (broad SMARTS) is 2. The number of rotatable bonds is 5. The lowest BCUT2D eigenvalue weighted by atomic mass is 9.81. The first kappa shape index (κ1) is 33.8. The molecule has 10 nitrogen and oxygen atoms in total. The Hall–Kier alpha value is -4.05. The van der Waals surface area contributed by atoms with Crippen LogP contribution in [0.4, 0.5) is 26.3 Å². The fourth-order valence-corrected chi connectivity index (χ4v) is 5.52. The van der Waals surface area contributed by atoms with E-state index in [-0.39, 0.29) is 5.60 Å². The second-order valence-corrected chi connectivity index (χ2v) is 10.8. The van der Waals surface area contributed by atoms with Crippen LogP contribution in [0.5, 0.6) is 5.75 Å². The van der Waals surface area contributed by atoms with Crippen molar-refractivity contribution in [3.05, 3.63) is 60.2 Å². The summed E-state index contributed by atoms with van der Waals surface area (Å²) in [4.78, 5) is 22.8. The lowest BCUT2D eigenvalue weighted by molar-refractivity contribution is -0.193. The van der Waals surface area contributed by atoms with Gasteiger partial charge in [0.2, 0.25) is 0 Å². The number of hydrogen-bond acceptors (Lipinski definition) is 7. The second-order valence-electron chi connectivity index (χ2n) is 10.8. The summed E-state index contributed by atoms with van der Waals surface area (Å²) >= 11 is 0. The van der Waals surface area contributed by atoms with Crippen molar-refractivity contribution >= 4 is 11.9 Å². The lowest BCUT2D eigenvalue weighted by Crippen LogP contribution is -2.47. The highest BCUT2D eigenvalue weighted by Gasteiger charge is 2.45. The van der Waals surface area contributed by atoms with Crippen molar-refractivity contribution in [3.8, 4) is 17.0 Å². The molecule has 3 aliphatic rings. The first-order valence-electron chi connectivity index (χ1n) is 14.1. The molecule has 6 rings (SSSR count). The number of nitrogens with zero attached hydrogens (tertiary/aromatic N) is 4. The van der Waals surface area contributed by atoms with Gasteiger partial charge in [-0.05, 0) is 44.1 Å². The SMILES string of the molecule is O=C(O)C(F)(F)F.O=C(O)C(F)(F)F.c1ccc2c(c1)OC1(CCN(Cc3ccoc3)CC1)c1cnn(CCN3CCCC3)c1-2. The summed E-state index contributed by atoms with van der Waals surface area (Å²) in [6.45, 7) is 7.40. The molecule has 5 heterocycles. The van der Waals surface area contributed by atoms with Gasteiger partial charge in [-0.1, -0.05) is 12.1 Å². The average Bonchev–Trinajstić information content (AvgIpc) is 3.76. The zero-order valence-corrected chi connectivity index (χ0v) is 24.0. The van der Waals surface area contributed by atoms with E-state index in [0.717, 1.165) is 51.3 Å². The van der Waals surface area contributed by atoms with Gasteiger partial charge in [0, 0.05) is 55.7 Å². The van der Waals surface area contributed by atoms with Gasteiger partial charge in [0.05, 0.1) is 31.0 Å². The first-order valence-corrected chi connectivity index (χ1v) is 14.1. The maximum Gasteiger partial charge on any atom is 0.490 e. The van der Waals surface area contributed by atoms with Crippen LogP contribution in [0, 0.1) is 0 Å². The molecule has 1 aromatic carbocycles. The highest BCUT2D eigenvalue weighted by molar-refractivity contribution is 5.74. The molecule has 2 fully saturated rings. The van der Waals surface area contributed by atoms with Crippen LogP contribution >= 0.6 is 0 Å². The van der Waals surface area contributed by atoms with Crippen LogP contribution in [0.2, 0.25) is 0 Å². The number of carboxylic acids is 2. The number of aromatic nitrogens is 2. The smallest absolute Gasteiger partial charge is 0.482 e. The number of hydrogen-bond donors (Lipinski definition) is 2. The Labute approximate surface area is 253 Å². The number of aliphatic carboxylic acids is 2. The molecule has 16 heteroatoms. The summed E-state index contributed by atoms with van der Waals surface area (Å²) < 4.78 is 77.7. The molecule has 3 aliphatic heterocycles. The Kier molecular flexibility index (Phi) is 10.5. The molecule has 2 aromatic heterocycles. The standard InChI is InChI=1S/C25H30N4O2.2C2HF3O2/c1-2-6-23-21(5-1)24-22(17-26-29(24)15-14-27-10-3-4-11-27)25(31-23)8-12-28(13-9-25)18-20-7-16-30-19-20;2*3-2(4,5)1(6)7/h1-2,5-7,16-17,19H,3-4,8-15,18H2;2*(H,6,7). The Balaban J connectivity index is 0.000000277. The molecule has 0 unspecified atom stereocenters. The molecule has 0 saturated carbocycles. The van der Waals surface area contributed by atoms with Gasteiger partial charge in [-0.3, -0.25) is 9.58 Å². The van der Waals surface area contributed by atoms with Crippen LogP contribution in [-0.2, 0) is 28.3 Å². The molecular weight excluding hydrogens is 614 g/mol. The number of likely N-dealkylation sites (tertiary alicyclic amines) is 2. The summed E-state index contributed by atoms with van der Waals surface area (Å²) in [7, 11) is 0. The third-order valence-electron chi connectivity index (χ3n) is 7.74. The van der Waals surface area contributed by atoms with E-state index >= 15 is 0 Å². The van der Waals surface area contributed by atoms with Crippen LogP contribution in [0.25, 0.3) is 11.3 Å². The minimum atomic E-state index is -5.08. The average molecular weight is 647 g/mol. The zero-order chi connectivity index (χ0) is 32.8. The predicted molar refractivity (Wildman–Crippen MR) is 146 cm³/mol. The predicted octanol–water partition coefficient (Wildman–Crippen LogP) is 5.39. The molecule has 2 saturated heterocycles. The molecule has 45 heavy (non-hydrogen) atoms. The summed E-state index contributed by atoms with van der Waals surface area (Å²) in [5.74, 6) is -4.51. The van der Waals surface area contributed by atoms with Crippen LogP contribution in [0.1, 0.15) is 36.8 Å². The van der Waals surface area contributed by atoms with Gasteiger partial charge in [0.1, 0.15) is 11.4 Å². The summed E-state index contributed by atoms with van der Waals surface area (Å²) in [5.41, 5.74) is 4.69. The Morgan fingerprint density at radius 3 is 2.02 bits per heavy atom. The minimum absolute atomic E-state index is 0.275. The van der Waals surface area contributed by atoms with Gasteiger partial charge in [0.15, 0.2) is 0 Å². The van der Waals surface area contributed by atoms with Crippen LogP contribution < -0.4 is 4.74 Å². The van der Waals surface area contributed by atoms with Gasteiger partial charge in [-0.2, -0.15) is 31.4 Å². The molecule has 246 valence electrons. The molecule has 1 spiro atoms. The quantitative estimate of drug-likeness (QED) is 0.352. The highest BCUT2D eigenvalue weighted by atomic mass is 19.4. The lowest BCUT2D eigenvalue weighted by Gasteiger charge is -2.44. The number of carbonyl (C=O) groups is 2. The van der Waals surface area contributed by atoms with E-state index in [1.807, 2.05) is 6.26 Å². The van der Waals surface area contributed by atoms with Gasteiger partial charge in [0.25, 0.3) is 0 Å². The van der Waals surface area contributed by atoms with E-state index in [9.17, 15) is 26.3 Å². The summed E-state index contributed by atoms with van der Waals surface area (Å²) in [6, 6.07) is 10.5. The zero-order valence-electron chi connectivity index (χ0n) is 24.0. The maximum atomic E-state index is 10.6. The minimum Gasteiger partial charge on any atom is -0.482 e. The number of benzene rings is 1. The number of furan rings is 1. The van der Waals surface area contributed by atoms with Crippen molar-refractivity contribution in [2.75, 3.05) is 32.7 Å². The Bertz CT molecular complexity index is 1400. The Morgan fingerprint density at radius 2 is 1.47 bits per heavy atom. The molecule has 0 radical (unpaired) electrons. The number of alkyl halides is 6. The summed E-state index contributed by atoms with van der Waals surface area (Å²) in [6.07, 6.45) is 0.124. The van der Waals surface area contributed by atoms with Gasteiger partial charge in [-0.25, -0.2) is 9.59 Å². The van der Waals surface area contributed by atoms with E-state index in [1.165, 1.54) is 48.3 Å². The van der Waals surface area contributed by atoms with Gasteiger partial charge in [-0.15, -0.1) is 0 Å². The normalized spacial score (nSPS) is 17.6. The molecule has 0 aliphatic carbocycles. The van der Waals surface area contributed by atoms with E-state index < -0.39 is 24.3 Å². The molecule has 0 atom stereocenters. The number of ether oxygens (including phenoxy) is 1. The fourth-order valence-electron chi connectivity index (χ4n) is 5.52. The van der Waals surface area contributed by atoms with Crippen molar-refractivity contribution < 1.29 is 55.3 Å². The number of halogens is 6. The van der Waals surface area contributed by atoms with Gasteiger partial charge >= 0.3 is 24.3 Å². The van der Waals surface area contributed by atoms with E-state index in [0.29, 0.717) is 0 Å². The van der Waals surface area contributed by atoms with Crippen molar-refractivity contribution in [1.29, 1.82) is 0 Å². The van der Waals surface area contributed by atoms with Crippen molar-refractivity contribution in [3.63, 3.8) is 0 Å². The number of fused-ring (bicyclic) bond motifs is 4. The number of piperidine rings is 1. The molecule has 3 aromatic rings. The fraction of sp³-hybridized carbons (Fsp3) is 0.483. The number of para-hydroxylation sites is 1.